The van der Waals surface area contributed by atoms with Gasteiger partial charge in [0.05, 0.1) is 0 Å². The minimum absolute atomic E-state index is 0.276. The Morgan fingerprint density at radius 3 is 2.00 bits per heavy atom. The van der Waals surface area contributed by atoms with Crippen molar-refractivity contribution in [3.63, 3.8) is 0 Å². The van der Waals surface area contributed by atoms with Gasteiger partial charge in [-0.25, -0.2) is 0 Å². The maximum Gasteiger partial charge on any atom is 0.121 e. The van der Waals surface area contributed by atoms with E-state index in [-0.39, 0.29) is 11.1 Å². The van der Waals surface area contributed by atoms with Crippen LogP contribution in [0.1, 0.15) is 70.6 Å². The van der Waals surface area contributed by atoms with Crippen LogP contribution in [0.25, 0.3) is 0 Å². The Morgan fingerprint density at radius 2 is 1.54 bits per heavy atom. The molecule has 1 unspecified atom stereocenters. The van der Waals surface area contributed by atoms with E-state index in [0.29, 0.717) is 11.7 Å². The first-order valence-electron chi connectivity index (χ1n) is 9.45. The number of hydrogen-bond donors (Lipinski definition) is 1. The zero-order chi connectivity index (χ0) is 18.3. The van der Waals surface area contributed by atoms with Crippen LogP contribution in [0.2, 0.25) is 0 Å². The van der Waals surface area contributed by atoms with E-state index in [9.17, 15) is 5.11 Å². The fourth-order valence-corrected chi connectivity index (χ4v) is 4.96. The van der Waals surface area contributed by atoms with Gasteiger partial charge in [0.1, 0.15) is 5.75 Å². The van der Waals surface area contributed by atoms with Crippen molar-refractivity contribution in [3.8, 4) is 5.75 Å². The molecule has 1 aromatic carbocycles. The molecule has 0 bridgehead atoms. The minimum atomic E-state index is 0.276. The molecule has 2 nitrogen and oxygen atoms in total. The standard InChI is InChI=1S/C22H37NO/c1-15(9-18-11-16(2)20(24)17(3)12-18)10-19-13-21(4,5)23(8)22(6,7)14-19/h11-12,15,19,24H,9-10,13-14H2,1-8H3. The van der Waals surface area contributed by atoms with Crippen LogP contribution in [0.5, 0.6) is 5.75 Å². The first-order valence-corrected chi connectivity index (χ1v) is 9.45. The van der Waals surface area contributed by atoms with Crippen LogP contribution in [0.3, 0.4) is 0 Å². The van der Waals surface area contributed by atoms with Crippen molar-refractivity contribution in [2.24, 2.45) is 11.8 Å². The second-order valence-electron chi connectivity index (χ2n) is 9.58. The smallest absolute Gasteiger partial charge is 0.121 e. The summed E-state index contributed by atoms with van der Waals surface area (Å²) in [4.78, 5) is 2.56. The summed E-state index contributed by atoms with van der Waals surface area (Å²) in [5.74, 6) is 1.92. The fourth-order valence-electron chi connectivity index (χ4n) is 4.96. The van der Waals surface area contributed by atoms with Crippen LogP contribution in [0, 0.1) is 25.7 Å². The first kappa shape index (κ1) is 19.3. The lowest BCUT2D eigenvalue weighted by Crippen LogP contribution is -2.58. The zero-order valence-corrected chi connectivity index (χ0v) is 17.0. The van der Waals surface area contributed by atoms with E-state index in [1.54, 1.807) is 0 Å². The summed E-state index contributed by atoms with van der Waals surface area (Å²) < 4.78 is 0. The number of aromatic hydroxyl groups is 1. The van der Waals surface area contributed by atoms with Gasteiger partial charge in [0.2, 0.25) is 0 Å². The molecule has 1 fully saturated rings. The molecule has 0 amide bonds. The number of rotatable bonds is 4. The third kappa shape index (κ3) is 4.14. The van der Waals surface area contributed by atoms with E-state index in [1.165, 1.54) is 24.8 Å². The summed E-state index contributed by atoms with van der Waals surface area (Å²) in [6.07, 6.45) is 4.96. The molecule has 1 aromatic rings. The van der Waals surface area contributed by atoms with Gasteiger partial charge in [0.25, 0.3) is 0 Å². The Labute approximate surface area is 149 Å². The van der Waals surface area contributed by atoms with Gasteiger partial charge in [-0.05, 0) is 103 Å². The molecule has 0 saturated carbocycles. The van der Waals surface area contributed by atoms with Gasteiger partial charge < -0.3 is 5.11 Å². The van der Waals surface area contributed by atoms with Crippen LogP contribution in [-0.2, 0) is 6.42 Å². The zero-order valence-electron chi connectivity index (χ0n) is 17.0. The van der Waals surface area contributed by atoms with Crippen molar-refractivity contribution in [3.05, 3.63) is 28.8 Å². The van der Waals surface area contributed by atoms with E-state index in [1.807, 2.05) is 13.8 Å². The number of phenolic OH excluding ortho intramolecular Hbond substituents is 1. The molecule has 136 valence electrons. The number of benzene rings is 1. The predicted molar refractivity (Wildman–Crippen MR) is 104 cm³/mol. The summed E-state index contributed by atoms with van der Waals surface area (Å²) in [7, 11) is 2.28. The van der Waals surface area contributed by atoms with E-state index in [0.717, 1.165) is 23.5 Å². The Kier molecular flexibility index (Phi) is 5.40. The molecule has 1 atom stereocenters. The second kappa shape index (κ2) is 6.71. The molecular formula is C22H37NO. The molecule has 0 aromatic heterocycles. The van der Waals surface area contributed by atoms with Gasteiger partial charge in [0.15, 0.2) is 0 Å². The predicted octanol–water partition coefficient (Wildman–Crippen LogP) is 5.48. The summed E-state index contributed by atoms with van der Waals surface area (Å²) in [6.45, 7) is 15.9. The molecular weight excluding hydrogens is 294 g/mol. The van der Waals surface area contributed by atoms with Gasteiger partial charge in [-0.1, -0.05) is 19.1 Å². The van der Waals surface area contributed by atoms with Gasteiger partial charge in [-0.2, -0.15) is 0 Å². The molecule has 1 saturated heterocycles. The average molecular weight is 332 g/mol. The summed E-state index contributed by atoms with van der Waals surface area (Å²) in [5.41, 5.74) is 3.91. The third-order valence-corrected chi connectivity index (χ3v) is 6.26. The summed E-state index contributed by atoms with van der Waals surface area (Å²) in [5, 5.41) is 9.96. The Bertz CT molecular complexity index is 547. The minimum Gasteiger partial charge on any atom is -0.507 e. The van der Waals surface area contributed by atoms with E-state index < -0.39 is 0 Å². The fraction of sp³-hybridized carbons (Fsp3) is 0.727. The SMILES string of the molecule is Cc1cc(CC(C)CC2CC(C)(C)N(C)C(C)(C)C2)cc(C)c1O. The molecule has 1 aliphatic rings. The first-order chi connectivity index (χ1) is 10.9. The van der Waals surface area contributed by atoms with Crippen molar-refractivity contribution < 1.29 is 5.11 Å². The van der Waals surface area contributed by atoms with Gasteiger partial charge in [0, 0.05) is 11.1 Å². The Balaban J connectivity index is 2.03. The van der Waals surface area contributed by atoms with Crippen molar-refractivity contribution in [1.29, 1.82) is 0 Å². The van der Waals surface area contributed by atoms with E-state index >= 15 is 0 Å². The normalized spacial score (nSPS) is 22.5. The van der Waals surface area contributed by atoms with Crippen LogP contribution in [-0.4, -0.2) is 28.1 Å². The summed E-state index contributed by atoms with van der Waals surface area (Å²) >= 11 is 0. The van der Waals surface area contributed by atoms with E-state index in [4.69, 9.17) is 0 Å². The lowest BCUT2D eigenvalue weighted by atomic mass is 9.71. The molecule has 24 heavy (non-hydrogen) atoms. The quantitative estimate of drug-likeness (QED) is 0.790. The number of phenols is 1. The van der Waals surface area contributed by atoms with Crippen molar-refractivity contribution in [2.75, 3.05) is 7.05 Å². The molecule has 0 spiro atoms. The van der Waals surface area contributed by atoms with Crippen LogP contribution in [0.4, 0.5) is 0 Å². The number of hydrogen-bond acceptors (Lipinski definition) is 2. The van der Waals surface area contributed by atoms with Gasteiger partial charge >= 0.3 is 0 Å². The number of nitrogens with zero attached hydrogens (tertiary/aromatic N) is 1. The third-order valence-electron chi connectivity index (χ3n) is 6.26. The van der Waals surface area contributed by atoms with Crippen molar-refractivity contribution in [2.45, 2.75) is 85.2 Å². The Hall–Kier alpha value is -1.02. The number of aryl methyl sites for hydroxylation is 2. The topological polar surface area (TPSA) is 23.5 Å². The lowest BCUT2D eigenvalue weighted by molar-refractivity contribution is -0.0345. The maximum atomic E-state index is 9.96. The molecule has 1 N–H and O–H groups in total. The molecule has 0 radical (unpaired) electrons. The van der Waals surface area contributed by atoms with Crippen LogP contribution >= 0.6 is 0 Å². The highest BCUT2D eigenvalue weighted by atomic mass is 16.3. The lowest BCUT2D eigenvalue weighted by Gasteiger charge is -2.54. The van der Waals surface area contributed by atoms with Crippen LogP contribution in [0.15, 0.2) is 12.1 Å². The average Bonchev–Trinajstić information content (AvgIpc) is 2.41. The Morgan fingerprint density at radius 1 is 1.08 bits per heavy atom. The highest BCUT2D eigenvalue weighted by molar-refractivity contribution is 5.42. The molecule has 2 rings (SSSR count). The summed E-state index contributed by atoms with van der Waals surface area (Å²) in [6, 6.07) is 4.31. The molecule has 1 aliphatic heterocycles. The molecule has 0 aliphatic carbocycles. The molecule has 2 heteroatoms. The van der Waals surface area contributed by atoms with Crippen molar-refractivity contribution in [1.82, 2.24) is 4.90 Å². The highest BCUT2D eigenvalue weighted by Gasteiger charge is 2.42. The van der Waals surface area contributed by atoms with Gasteiger partial charge in [-0.3, -0.25) is 4.90 Å². The largest absolute Gasteiger partial charge is 0.507 e. The molecule has 1 heterocycles. The van der Waals surface area contributed by atoms with Crippen molar-refractivity contribution >= 4 is 0 Å². The monoisotopic (exact) mass is 331 g/mol. The highest BCUT2D eigenvalue weighted by Crippen LogP contribution is 2.42. The van der Waals surface area contributed by atoms with Gasteiger partial charge in [-0.15, -0.1) is 0 Å². The number of likely N-dealkylation sites (tertiary alicyclic amines) is 1. The second-order valence-corrected chi connectivity index (χ2v) is 9.58. The van der Waals surface area contributed by atoms with Crippen LogP contribution < -0.4 is 0 Å². The maximum absolute atomic E-state index is 9.96. The number of piperidine rings is 1. The van der Waals surface area contributed by atoms with E-state index in [2.05, 4.69) is 58.7 Å².